The first-order chi connectivity index (χ1) is 9.69. The van der Waals surface area contributed by atoms with Crippen molar-refractivity contribution in [3.8, 4) is 0 Å². The van der Waals surface area contributed by atoms with E-state index >= 15 is 0 Å². The Morgan fingerprint density at radius 3 is 2.80 bits per heavy atom. The minimum absolute atomic E-state index is 0.529. The first-order valence-electron chi connectivity index (χ1n) is 8.17. The standard InChI is InChI=1S/C18H26BrN/c1-3-20-18(16-5-4-6-17(19)12(16)2)11-15-10-13-7-8-14(15)9-13/h4-6,13-15,18,20H,3,7-11H2,1-2H3. The minimum atomic E-state index is 0.529. The van der Waals surface area contributed by atoms with Gasteiger partial charge in [-0.15, -0.1) is 0 Å². The molecule has 1 N–H and O–H groups in total. The molecule has 0 saturated heterocycles. The van der Waals surface area contributed by atoms with E-state index in [0.717, 1.165) is 24.3 Å². The van der Waals surface area contributed by atoms with Gasteiger partial charge < -0.3 is 5.32 Å². The zero-order valence-electron chi connectivity index (χ0n) is 12.7. The summed E-state index contributed by atoms with van der Waals surface area (Å²) < 4.78 is 1.24. The average Bonchev–Trinajstić information content (AvgIpc) is 3.04. The summed E-state index contributed by atoms with van der Waals surface area (Å²) >= 11 is 3.68. The number of benzene rings is 1. The van der Waals surface area contributed by atoms with Gasteiger partial charge in [0.2, 0.25) is 0 Å². The maximum absolute atomic E-state index is 3.73. The number of rotatable bonds is 5. The van der Waals surface area contributed by atoms with E-state index in [4.69, 9.17) is 0 Å². The van der Waals surface area contributed by atoms with Gasteiger partial charge >= 0.3 is 0 Å². The monoisotopic (exact) mass is 335 g/mol. The molecular weight excluding hydrogens is 310 g/mol. The molecule has 4 atom stereocenters. The Balaban J connectivity index is 1.77. The van der Waals surface area contributed by atoms with Crippen LogP contribution in [0.3, 0.4) is 0 Å². The van der Waals surface area contributed by atoms with E-state index in [1.54, 1.807) is 0 Å². The lowest BCUT2D eigenvalue weighted by Gasteiger charge is -2.28. The van der Waals surface area contributed by atoms with Crippen LogP contribution in [-0.2, 0) is 0 Å². The van der Waals surface area contributed by atoms with Crippen molar-refractivity contribution in [3.63, 3.8) is 0 Å². The van der Waals surface area contributed by atoms with Crippen molar-refractivity contribution < 1.29 is 0 Å². The SMILES string of the molecule is CCNC(CC1CC2CCC1C2)c1cccc(Br)c1C. The predicted molar refractivity (Wildman–Crippen MR) is 88.9 cm³/mol. The van der Waals surface area contributed by atoms with Crippen molar-refractivity contribution in [3.05, 3.63) is 33.8 Å². The molecule has 2 bridgehead atoms. The third-order valence-corrected chi connectivity index (χ3v) is 6.42. The van der Waals surface area contributed by atoms with Crippen LogP contribution in [0.1, 0.15) is 56.2 Å². The molecule has 0 amide bonds. The zero-order valence-corrected chi connectivity index (χ0v) is 14.2. The molecule has 4 unspecified atom stereocenters. The molecule has 0 heterocycles. The highest BCUT2D eigenvalue weighted by Crippen LogP contribution is 2.51. The van der Waals surface area contributed by atoms with E-state index in [9.17, 15) is 0 Å². The largest absolute Gasteiger partial charge is 0.310 e. The van der Waals surface area contributed by atoms with Gasteiger partial charge in [0.15, 0.2) is 0 Å². The second kappa shape index (κ2) is 6.19. The molecule has 2 saturated carbocycles. The fourth-order valence-electron chi connectivity index (χ4n) is 4.54. The van der Waals surface area contributed by atoms with Gasteiger partial charge in [0, 0.05) is 10.5 Å². The smallest absolute Gasteiger partial charge is 0.0325 e. The third kappa shape index (κ3) is 2.82. The summed E-state index contributed by atoms with van der Waals surface area (Å²) in [6.07, 6.45) is 7.32. The lowest BCUT2D eigenvalue weighted by molar-refractivity contribution is 0.280. The summed E-state index contributed by atoms with van der Waals surface area (Å²) in [5, 5.41) is 3.73. The molecule has 0 aromatic heterocycles. The van der Waals surface area contributed by atoms with Crippen LogP contribution in [0, 0.1) is 24.7 Å². The number of hydrogen-bond acceptors (Lipinski definition) is 1. The van der Waals surface area contributed by atoms with Crippen LogP contribution in [0.25, 0.3) is 0 Å². The van der Waals surface area contributed by atoms with Crippen LogP contribution in [0.15, 0.2) is 22.7 Å². The van der Waals surface area contributed by atoms with Gasteiger partial charge in [-0.3, -0.25) is 0 Å². The molecule has 2 aliphatic carbocycles. The Morgan fingerprint density at radius 2 is 2.15 bits per heavy atom. The lowest BCUT2D eigenvalue weighted by atomic mass is 9.82. The van der Waals surface area contributed by atoms with Crippen LogP contribution in [0.4, 0.5) is 0 Å². The summed E-state index contributed by atoms with van der Waals surface area (Å²) in [6.45, 7) is 5.52. The maximum Gasteiger partial charge on any atom is 0.0325 e. The van der Waals surface area contributed by atoms with Crippen LogP contribution in [-0.4, -0.2) is 6.54 Å². The molecule has 2 heteroatoms. The molecule has 20 heavy (non-hydrogen) atoms. The van der Waals surface area contributed by atoms with Gasteiger partial charge in [-0.05, 0) is 74.1 Å². The first-order valence-corrected chi connectivity index (χ1v) is 8.96. The highest BCUT2D eigenvalue weighted by atomic mass is 79.9. The van der Waals surface area contributed by atoms with Gasteiger partial charge in [-0.25, -0.2) is 0 Å². The molecule has 1 aromatic rings. The van der Waals surface area contributed by atoms with Gasteiger partial charge in [-0.2, -0.15) is 0 Å². The molecule has 2 fully saturated rings. The lowest BCUT2D eigenvalue weighted by Crippen LogP contribution is -2.26. The van der Waals surface area contributed by atoms with Crippen LogP contribution in [0.2, 0.25) is 0 Å². The molecule has 3 rings (SSSR count). The van der Waals surface area contributed by atoms with E-state index in [1.807, 2.05) is 0 Å². The van der Waals surface area contributed by atoms with Crippen molar-refractivity contribution in [2.75, 3.05) is 6.54 Å². The van der Waals surface area contributed by atoms with Crippen molar-refractivity contribution in [2.45, 2.75) is 52.0 Å². The number of halogens is 1. The zero-order chi connectivity index (χ0) is 14.1. The Hall–Kier alpha value is -0.340. The summed E-state index contributed by atoms with van der Waals surface area (Å²) in [5.41, 5.74) is 2.89. The molecule has 0 aliphatic heterocycles. The van der Waals surface area contributed by atoms with Gasteiger partial charge in [0.05, 0.1) is 0 Å². The highest BCUT2D eigenvalue weighted by Gasteiger charge is 2.40. The number of hydrogen-bond donors (Lipinski definition) is 1. The molecule has 2 aliphatic rings. The van der Waals surface area contributed by atoms with Gasteiger partial charge in [0.1, 0.15) is 0 Å². The number of nitrogens with one attached hydrogen (secondary N) is 1. The van der Waals surface area contributed by atoms with Crippen LogP contribution >= 0.6 is 15.9 Å². The van der Waals surface area contributed by atoms with Crippen LogP contribution in [0.5, 0.6) is 0 Å². The van der Waals surface area contributed by atoms with E-state index in [0.29, 0.717) is 6.04 Å². The van der Waals surface area contributed by atoms with Crippen molar-refractivity contribution in [1.29, 1.82) is 0 Å². The van der Waals surface area contributed by atoms with Crippen molar-refractivity contribution in [2.24, 2.45) is 17.8 Å². The first kappa shape index (κ1) is 14.6. The quantitative estimate of drug-likeness (QED) is 0.776. The Kier molecular flexibility index (Phi) is 4.52. The molecular formula is C18H26BrN. The fraction of sp³-hybridized carbons (Fsp3) is 0.667. The Morgan fingerprint density at radius 1 is 1.30 bits per heavy atom. The van der Waals surface area contributed by atoms with Gasteiger partial charge in [-0.1, -0.05) is 41.4 Å². The predicted octanol–water partition coefficient (Wildman–Crippen LogP) is 5.23. The minimum Gasteiger partial charge on any atom is -0.310 e. The maximum atomic E-state index is 3.73. The Labute approximate surface area is 131 Å². The van der Waals surface area contributed by atoms with Crippen LogP contribution < -0.4 is 5.32 Å². The third-order valence-electron chi connectivity index (χ3n) is 5.56. The molecule has 1 aromatic carbocycles. The fourth-order valence-corrected chi connectivity index (χ4v) is 4.92. The average molecular weight is 336 g/mol. The van der Waals surface area contributed by atoms with E-state index in [1.165, 1.54) is 47.7 Å². The molecule has 1 nitrogen and oxygen atoms in total. The van der Waals surface area contributed by atoms with E-state index < -0.39 is 0 Å². The highest BCUT2D eigenvalue weighted by molar-refractivity contribution is 9.10. The van der Waals surface area contributed by atoms with E-state index in [-0.39, 0.29) is 0 Å². The summed E-state index contributed by atoms with van der Waals surface area (Å²) in [5.74, 6) is 3.03. The summed E-state index contributed by atoms with van der Waals surface area (Å²) in [4.78, 5) is 0. The normalized spacial score (nSPS) is 29.9. The van der Waals surface area contributed by atoms with Crippen molar-refractivity contribution >= 4 is 15.9 Å². The summed E-state index contributed by atoms with van der Waals surface area (Å²) in [6, 6.07) is 7.17. The van der Waals surface area contributed by atoms with Crippen molar-refractivity contribution in [1.82, 2.24) is 5.32 Å². The second-order valence-corrected chi connectivity index (χ2v) is 7.59. The number of fused-ring (bicyclic) bond motifs is 2. The topological polar surface area (TPSA) is 12.0 Å². The molecule has 0 spiro atoms. The molecule has 0 radical (unpaired) electrons. The van der Waals surface area contributed by atoms with E-state index in [2.05, 4.69) is 53.3 Å². The summed E-state index contributed by atoms with van der Waals surface area (Å²) in [7, 11) is 0. The molecule has 110 valence electrons. The van der Waals surface area contributed by atoms with Gasteiger partial charge in [0.25, 0.3) is 0 Å². The Bertz CT molecular complexity index is 470. The second-order valence-electron chi connectivity index (χ2n) is 6.73.